The maximum absolute atomic E-state index is 8.96. The molecular formula is C98H69BBrO2. The van der Waals surface area contributed by atoms with E-state index in [1.54, 1.807) is 0 Å². The first-order valence-corrected chi connectivity index (χ1v) is 36.0. The smallest absolute Gasteiger partial charge is 0.537 e. The van der Waals surface area contributed by atoms with Gasteiger partial charge in [-0.3, -0.25) is 0 Å². The van der Waals surface area contributed by atoms with Gasteiger partial charge in [0.1, 0.15) is 5.75 Å². The highest BCUT2D eigenvalue weighted by atomic mass is 79.9. The van der Waals surface area contributed by atoms with Crippen LogP contribution in [-0.4, -0.2) is 12.7 Å². The quantitative estimate of drug-likeness (QED) is 0.127. The summed E-state index contributed by atoms with van der Waals surface area (Å²) >= 11 is 3.62. The number of fused-ring (bicyclic) bond motifs is 16. The van der Waals surface area contributed by atoms with Crippen molar-refractivity contribution in [2.24, 2.45) is 0 Å². The first kappa shape index (κ1) is 62.6. The molecule has 1 N–H and O–H groups in total. The zero-order chi connectivity index (χ0) is 68.8. The second-order valence-electron chi connectivity index (χ2n) is 28.2. The molecule has 0 unspecified atom stereocenters. The molecule has 102 heavy (non-hydrogen) atoms. The van der Waals surface area contributed by atoms with Crippen molar-refractivity contribution >= 4 is 110 Å². The third-order valence-corrected chi connectivity index (χ3v) is 22.4. The monoisotopic (exact) mass is 1370 g/mol. The molecule has 0 atom stereocenters. The Kier molecular flexibility index (Phi) is 15.5. The minimum Gasteiger partial charge on any atom is -0.537 e. The number of benzene rings is 18. The van der Waals surface area contributed by atoms with Crippen molar-refractivity contribution in [2.45, 2.75) is 38.5 Å². The van der Waals surface area contributed by atoms with Crippen LogP contribution in [0.4, 0.5) is 0 Å². The van der Waals surface area contributed by atoms with Gasteiger partial charge in [0.2, 0.25) is 0 Å². The highest BCUT2D eigenvalue weighted by molar-refractivity contribution is 9.10. The lowest BCUT2D eigenvalue weighted by atomic mass is 9.82. The minimum atomic E-state index is -0.0304. The Morgan fingerprint density at radius 1 is 0.245 bits per heavy atom. The first-order valence-electron chi connectivity index (χ1n) is 35.2. The molecule has 0 aromatic heterocycles. The van der Waals surface area contributed by atoms with Crippen molar-refractivity contribution in [3.05, 3.63) is 366 Å². The van der Waals surface area contributed by atoms with Crippen molar-refractivity contribution in [3.63, 3.8) is 0 Å². The third kappa shape index (κ3) is 10.3. The van der Waals surface area contributed by atoms with Gasteiger partial charge in [0.05, 0.1) is 0 Å². The highest BCUT2D eigenvalue weighted by Crippen LogP contribution is 2.55. The van der Waals surface area contributed by atoms with Crippen molar-refractivity contribution in [3.8, 4) is 83.6 Å². The molecule has 2 nitrogen and oxygen atoms in total. The molecule has 0 heterocycles. The number of rotatable bonds is 7. The molecule has 0 saturated heterocycles. The van der Waals surface area contributed by atoms with Crippen molar-refractivity contribution in [2.75, 3.05) is 0 Å². The topological polar surface area (TPSA) is 29.5 Å². The normalized spacial score (nSPS) is 13.0. The summed E-state index contributed by atoms with van der Waals surface area (Å²) in [6.07, 6.45) is 0. The van der Waals surface area contributed by atoms with Gasteiger partial charge >= 0.3 is 7.69 Å². The molecule has 1 radical (unpaired) electrons. The van der Waals surface area contributed by atoms with E-state index in [1.807, 2.05) is 24.3 Å². The zero-order valence-corrected chi connectivity index (χ0v) is 58.7. The summed E-state index contributed by atoms with van der Waals surface area (Å²) < 4.78 is 6.27. The summed E-state index contributed by atoms with van der Waals surface area (Å²) in [6.45, 7) is 9.36. The predicted octanol–water partition coefficient (Wildman–Crippen LogP) is 26.9. The van der Waals surface area contributed by atoms with E-state index in [2.05, 4.69) is 359 Å². The fourth-order valence-electron chi connectivity index (χ4n) is 17.1. The fraction of sp³-hybridized carbons (Fsp3) is 0.0612. The van der Waals surface area contributed by atoms with E-state index in [4.69, 9.17) is 9.68 Å². The molecule has 0 spiro atoms. The van der Waals surface area contributed by atoms with Crippen LogP contribution in [0.15, 0.2) is 344 Å². The molecule has 0 bridgehead atoms. The molecule has 20 rings (SSSR count). The zero-order valence-electron chi connectivity index (χ0n) is 57.1. The molecule has 0 amide bonds. The first-order chi connectivity index (χ1) is 50.0. The number of hydrogen-bond donors (Lipinski definition) is 1. The maximum Gasteiger partial charge on any atom is 0.569 e. The van der Waals surface area contributed by atoms with Crippen molar-refractivity contribution in [1.82, 2.24) is 0 Å². The Balaban J connectivity index is 0.000000121. The maximum atomic E-state index is 8.96. The second-order valence-corrected chi connectivity index (χ2v) is 29.1. The van der Waals surface area contributed by atoms with Gasteiger partial charge in [-0.25, -0.2) is 0 Å². The lowest BCUT2D eigenvalue weighted by Crippen LogP contribution is -2.14. The average molecular weight is 1370 g/mol. The summed E-state index contributed by atoms with van der Waals surface area (Å²) in [5.41, 5.74) is 23.7. The van der Waals surface area contributed by atoms with Crippen LogP contribution in [-0.2, 0) is 10.8 Å². The van der Waals surface area contributed by atoms with Crippen molar-refractivity contribution < 1.29 is 9.68 Å². The lowest BCUT2D eigenvalue weighted by Gasteiger charge is -2.21. The summed E-state index contributed by atoms with van der Waals surface area (Å²) in [5.74, 6) is 0.599. The van der Waals surface area contributed by atoms with Gasteiger partial charge < -0.3 is 9.68 Å². The number of hydrogen-bond acceptors (Lipinski definition) is 2. The molecule has 18 aromatic rings. The third-order valence-electron chi connectivity index (χ3n) is 21.9. The standard InChI is InChI=1S/C49H34.C30H20BO2.C19H15Br/c1-49(2)44-28-27-35(30-43(44)48-37-16-6-4-13-33(37)26-29-45(48)49)31-22-24-34(25-23-31)46-39-17-7-9-19-41(39)47(42-20-10-8-18-40(42)46)38-21-11-14-32-12-3-5-15-36(32)38;32-31-33-22-18-16-21(17-19-22)29-25-11-3-5-13-27(25)30(28-14-6-4-12-26(28)29)24-15-7-9-20-8-1-2-10-23(20)24;1-19(2)16-10-8-13(20)11-15(16)18-14-6-4-3-5-12(14)7-9-17(18)19/h3-30H,1-2H3;1-19,32H;3-11H,1-2H3. The number of halogens is 1. The lowest BCUT2D eigenvalue weighted by molar-refractivity contribution is 0.454. The SMILES string of the molecule is CC1(C)c2ccc(-c3ccc(-c4c5ccccc5c(-c5cccc6ccccc56)c5ccccc45)cc3)cc2-c2c1ccc1ccccc21.CC1(C)c2ccc(Br)cc2-c2c1ccc1ccccc21.O[B]Oc1ccc(-c2c3ccccc3c(-c3cccc4ccccc34)c3ccccc23)cc1. The van der Waals surface area contributed by atoms with Crippen LogP contribution < -0.4 is 4.65 Å². The van der Waals surface area contributed by atoms with Crippen LogP contribution in [0.3, 0.4) is 0 Å². The summed E-state index contributed by atoms with van der Waals surface area (Å²) in [5, 5.41) is 29.3. The molecule has 0 aliphatic heterocycles. The Labute approximate surface area is 603 Å². The molecular weight excluding hydrogens is 1300 g/mol. The Hall–Kier alpha value is -11.7. The van der Waals surface area contributed by atoms with Gasteiger partial charge in [0, 0.05) is 15.3 Å². The summed E-state index contributed by atoms with van der Waals surface area (Å²) in [7, 11) is 0.707. The van der Waals surface area contributed by atoms with Gasteiger partial charge in [-0.05, 0) is 217 Å². The Morgan fingerprint density at radius 2 is 0.549 bits per heavy atom. The van der Waals surface area contributed by atoms with Gasteiger partial charge in [0.15, 0.2) is 0 Å². The molecule has 0 saturated carbocycles. The molecule has 2 aliphatic carbocycles. The van der Waals surface area contributed by atoms with Crippen molar-refractivity contribution in [1.29, 1.82) is 0 Å². The average Bonchev–Trinajstić information content (AvgIpc) is 1.60. The van der Waals surface area contributed by atoms with Crippen LogP contribution in [0.25, 0.3) is 164 Å². The van der Waals surface area contributed by atoms with Gasteiger partial charge in [-0.2, -0.15) is 0 Å². The molecule has 18 aromatic carbocycles. The largest absolute Gasteiger partial charge is 0.569 e. The van der Waals surface area contributed by atoms with Crippen LogP contribution >= 0.6 is 15.9 Å². The van der Waals surface area contributed by atoms with E-state index >= 15 is 0 Å². The van der Waals surface area contributed by atoms with E-state index in [-0.39, 0.29) is 10.8 Å². The van der Waals surface area contributed by atoms with E-state index in [0.717, 1.165) is 10.0 Å². The minimum absolute atomic E-state index is 0.0304. The van der Waals surface area contributed by atoms with Gasteiger partial charge in [0.25, 0.3) is 0 Å². The molecule has 4 heteroatoms. The Bertz CT molecular complexity index is 6280. The molecule has 483 valence electrons. The highest BCUT2D eigenvalue weighted by Gasteiger charge is 2.38. The molecule has 0 fully saturated rings. The van der Waals surface area contributed by atoms with Gasteiger partial charge in [-0.15, -0.1) is 0 Å². The van der Waals surface area contributed by atoms with Crippen LogP contribution in [0, 0.1) is 0 Å². The van der Waals surface area contributed by atoms with Gasteiger partial charge in [-0.1, -0.05) is 353 Å². The fourth-order valence-corrected chi connectivity index (χ4v) is 17.5. The van der Waals surface area contributed by atoms with E-state index in [1.165, 1.54) is 181 Å². The summed E-state index contributed by atoms with van der Waals surface area (Å²) in [6, 6.07) is 123. The van der Waals surface area contributed by atoms with Crippen LogP contribution in [0.1, 0.15) is 49.9 Å². The van der Waals surface area contributed by atoms with E-state index in [0.29, 0.717) is 13.4 Å². The predicted molar refractivity (Wildman–Crippen MR) is 438 cm³/mol. The van der Waals surface area contributed by atoms with E-state index in [9.17, 15) is 0 Å². The Morgan fingerprint density at radius 3 is 0.961 bits per heavy atom. The van der Waals surface area contributed by atoms with Crippen LogP contribution in [0.2, 0.25) is 0 Å². The summed E-state index contributed by atoms with van der Waals surface area (Å²) in [4.78, 5) is 0. The van der Waals surface area contributed by atoms with Crippen LogP contribution in [0.5, 0.6) is 5.75 Å². The second kappa shape index (κ2) is 25.2. The van der Waals surface area contributed by atoms with E-state index < -0.39 is 0 Å². The molecule has 2 aliphatic rings.